The van der Waals surface area contributed by atoms with E-state index in [1.807, 2.05) is 18.7 Å². The molecule has 1 spiro atoms. The number of morpholine rings is 1. The fraction of sp³-hybridized carbons (Fsp3) is 0.486. The number of H-pyrrole nitrogens is 1. The number of ether oxygens (including phenoxy) is 4. The number of rotatable bonds is 13. The number of amides is 1. The fourth-order valence-electron chi connectivity index (χ4n) is 6.59. The third kappa shape index (κ3) is 10.5. The van der Waals surface area contributed by atoms with Crippen LogP contribution in [-0.4, -0.2) is 108 Å². The molecule has 0 unspecified atom stereocenters. The van der Waals surface area contributed by atoms with E-state index in [9.17, 15) is 45.5 Å². The summed E-state index contributed by atoms with van der Waals surface area (Å²) in [5.74, 6) is -4.96. The minimum absolute atomic E-state index is 0.00997. The fourth-order valence-corrected chi connectivity index (χ4v) is 8.39. The zero-order valence-electron chi connectivity index (χ0n) is 31.2. The number of likely N-dealkylation sites (tertiary alicyclic amines) is 1. The number of fused-ring (bicyclic) bond motifs is 1. The molecule has 314 valence electrons. The molecule has 13 nitrogen and oxygen atoms in total. The van der Waals surface area contributed by atoms with Crippen molar-refractivity contribution in [2.45, 2.75) is 63.2 Å². The Kier molecular flexibility index (Phi) is 13.2. The topological polar surface area (TPSA) is 152 Å². The smallest absolute Gasteiger partial charge is 0.491 e. The van der Waals surface area contributed by atoms with Crippen LogP contribution in [0.1, 0.15) is 64.5 Å². The molecule has 58 heavy (non-hydrogen) atoms. The van der Waals surface area contributed by atoms with Crippen LogP contribution in [0, 0.1) is 0 Å². The zero-order valence-corrected chi connectivity index (χ0v) is 32.8. The van der Waals surface area contributed by atoms with Gasteiger partial charge in [0.2, 0.25) is 0 Å². The van der Waals surface area contributed by atoms with Crippen LogP contribution in [-0.2, 0) is 25.6 Å². The van der Waals surface area contributed by atoms with Gasteiger partial charge in [0.1, 0.15) is 28.9 Å². The lowest BCUT2D eigenvalue weighted by atomic mass is 9.89. The van der Waals surface area contributed by atoms with Gasteiger partial charge in [0.05, 0.1) is 34.7 Å². The molecule has 0 bridgehead atoms. The van der Waals surface area contributed by atoms with E-state index >= 15 is 0 Å². The number of carbonyl (C=O) groups is 3. The van der Waals surface area contributed by atoms with E-state index in [2.05, 4.69) is 24.9 Å². The van der Waals surface area contributed by atoms with Crippen LogP contribution in [0.15, 0.2) is 47.4 Å². The number of benzene rings is 2. The highest BCUT2D eigenvalue weighted by molar-refractivity contribution is 7.16. The molecule has 4 heterocycles. The summed E-state index contributed by atoms with van der Waals surface area (Å²) in [7, 11) is 0. The second-order valence-corrected chi connectivity index (χ2v) is 16.1. The van der Waals surface area contributed by atoms with E-state index in [1.54, 1.807) is 30.5 Å². The summed E-state index contributed by atoms with van der Waals surface area (Å²) in [4.78, 5) is 59.3. The van der Waals surface area contributed by atoms with Crippen molar-refractivity contribution in [2.75, 3.05) is 52.5 Å². The van der Waals surface area contributed by atoms with Crippen LogP contribution in [0.4, 0.5) is 26.3 Å². The van der Waals surface area contributed by atoms with Crippen molar-refractivity contribution in [3.05, 3.63) is 73.3 Å². The van der Waals surface area contributed by atoms with Crippen LogP contribution in [0.5, 0.6) is 11.5 Å². The predicted molar refractivity (Wildman–Crippen MR) is 199 cm³/mol. The summed E-state index contributed by atoms with van der Waals surface area (Å²) in [5, 5.41) is 3.84. The van der Waals surface area contributed by atoms with Gasteiger partial charge in [0.25, 0.3) is 5.91 Å². The Bertz CT molecular complexity index is 2150. The first-order chi connectivity index (χ1) is 27.4. The molecule has 1 amide bonds. The van der Waals surface area contributed by atoms with Crippen LogP contribution in [0.25, 0.3) is 10.2 Å². The first kappa shape index (κ1) is 43.0. The van der Waals surface area contributed by atoms with Gasteiger partial charge in [-0.2, -0.15) is 26.3 Å². The summed E-state index contributed by atoms with van der Waals surface area (Å²) in [6.45, 7) is 7.96. The number of nitrogens with zero attached hydrogens (tertiary/aromatic N) is 3. The number of aromatic amines is 1. The maximum absolute atomic E-state index is 13.2. The lowest BCUT2D eigenvalue weighted by Crippen LogP contribution is -2.58. The molecule has 2 fully saturated rings. The van der Waals surface area contributed by atoms with Crippen molar-refractivity contribution >= 4 is 50.7 Å². The average molecular weight is 860 g/mol. The van der Waals surface area contributed by atoms with Gasteiger partial charge in [-0.15, -0.1) is 11.3 Å². The summed E-state index contributed by atoms with van der Waals surface area (Å²) in [5.41, 5.74) is -0.227. The molecule has 2 aliphatic heterocycles. The van der Waals surface area contributed by atoms with Crippen LogP contribution >= 0.6 is 22.7 Å². The maximum Gasteiger partial charge on any atom is 0.491 e. The summed E-state index contributed by atoms with van der Waals surface area (Å²) < 4.78 is 99.3. The van der Waals surface area contributed by atoms with Crippen molar-refractivity contribution in [1.29, 1.82) is 0 Å². The number of carbonyl (C=O) groups excluding carboxylic acids is 3. The number of halogens is 6. The van der Waals surface area contributed by atoms with Crippen molar-refractivity contribution in [3.8, 4) is 11.5 Å². The van der Waals surface area contributed by atoms with Crippen LogP contribution in [0.3, 0.4) is 0 Å². The van der Waals surface area contributed by atoms with Gasteiger partial charge in [-0.3, -0.25) is 14.5 Å². The molecule has 0 radical (unpaired) electrons. The largest absolute Gasteiger partial charge is 0.492 e. The number of nitrogens with one attached hydrogen (secondary N) is 2. The number of alkyl halides is 6. The number of aromatic nitrogens is 2. The Morgan fingerprint density at radius 2 is 1.69 bits per heavy atom. The molecule has 0 aliphatic carbocycles. The van der Waals surface area contributed by atoms with Gasteiger partial charge < -0.3 is 34.1 Å². The van der Waals surface area contributed by atoms with Gasteiger partial charge in [0, 0.05) is 50.7 Å². The molecule has 2 aromatic heterocycles. The Balaban J connectivity index is 0.991. The molecular weight excluding hydrogens is 821 g/mol. The van der Waals surface area contributed by atoms with Crippen LogP contribution in [0.2, 0.25) is 0 Å². The Hall–Kier alpha value is -4.57. The minimum Gasteiger partial charge on any atom is -0.492 e. The lowest BCUT2D eigenvalue weighted by molar-refractivity contribution is -0.205. The van der Waals surface area contributed by atoms with E-state index in [4.69, 9.17) is 14.2 Å². The van der Waals surface area contributed by atoms with Crippen molar-refractivity contribution in [2.24, 2.45) is 0 Å². The maximum atomic E-state index is 13.2. The molecule has 1 atom stereocenters. The molecule has 0 saturated carbocycles. The van der Waals surface area contributed by atoms with Crippen molar-refractivity contribution < 1.29 is 59.7 Å². The SMILES string of the molecule is CC(C)c1ncc(C(=O)N2CCOC3(CCN(CCOc4ccc(CNC[C@H](OC(=O)C(F)(F)F)c5ccc(OC(=O)C(F)(F)F)c6[nH]c(=O)sc56)cc4)CC3)C2)s1. The normalized spacial score (nSPS) is 16.8. The first-order valence-corrected chi connectivity index (χ1v) is 19.8. The second-order valence-electron chi connectivity index (χ2n) is 14.1. The summed E-state index contributed by atoms with van der Waals surface area (Å²) in [6, 6.07) is 8.77. The van der Waals surface area contributed by atoms with E-state index in [0.29, 0.717) is 60.4 Å². The third-order valence-electron chi connectivity index (χ3n) is 9.62. The molecule has 2 aromatic carbocycles. The highest BCUT2D eigenvalue weighted by Crippen LogP contribution is 2.36. The van der Waals surface area contributed by atoms with E-state index in [1.165, 1.54) is 11.3 Å². The van der Waals surface area contributed by atoms with E-state index in [0.717, 1.165) is 43.1 Å². The molecule has 21 heteroatoms. The van der Waals surface area contributed by atoms with E-state index < -0.39 is 53.2 Å². The summed E-state index contributed by atoms with van der Waals surface area (Å²) in [6.07, 6.45) is -9.18. The summed E-state index contributed by atoms with van der Waals surface area (Å²) >= 11 is 1.86. The van der Waals surface area contributed by atoms with Gasteiger partial charge >= 0.3 is 29.2 Å². The number of esters is 2. The predicted octanol–water partition coefficient (Wildman–Crippen LogP) is 5.96. The molecule has 4 aromatic rings. The van der Waals surface area contributed by atoms with Gasteiger partial charge in [-0.1, -0.05) is 37.3 Å². The molecular formula is C37H39F6N5O8S2. The molecule has 2 N–H and O–H groups in total. The Morgan fingerprint density at radius 1 is 0.983 bits per heavy atom. The highest BCUT2D eigenvalue weighted by atomic mass is 32.1. The average Bonchev–Trinajstić information content (AvgIpc) is 3.83. The lowest BCUT2D eigenvalue weighted by Gasteiger charge is -2.47. The Morgan fingerprint density at radius 3 is 2.34 bits per heavy atom. The minimum atomic E-state index is -5.37. The highest BCUT2D eigenvalue weighted by Gasteiger charge is 2.44. The van der Waals surface area contributed by atoms with Gasteiger partial charge in [0.15, 0.2) is 5.75 Å². The van der Waals surface area contributed by atoms with Crippen LogP contribution < -0.4 is 19.7 Å². The molecule has 2 aliphatic rings. The number of piperidine rings is 1. The van der Waals surface area contributed by atoms with Gasteiger partial charge in [-0.05, 0) is 42.7 Å². The first-order valence-electron chi connectivity index (χ1n) is 18.2. The quantitative estimate of drug-likeness (QED) is 0.0932. The van der Waals surface area contributed by atoms with Crippen molar-refractivity contribution in [1.82, 2.24) is 25.1 Å². The standard InChI is InChI=1S/C37H39F6N5O8S2/c1-21(2)30-45-19-27(57-30)31(49)48-14-16-54-35(20-48)9-11-47(12-10-35)13-15-53-23-5-3-22(4-6-23)17-44-18-26(56-33(51)37(41,42)43)24-7-8-25(55-32(50)36(38,39)40)28-29(24)58-34(52)46-28/h3-8,19,21,26,44H,9-18,20H2,1-2H3,(H,46,52)/t26-/m0/s1. The second kappa shape index (κ2) is 17.7. The van der Waals surface area contributed by atoms with Crippen molar-refractivity contribution in [3.63, 3.8) is 0 Å². The monoisotopic (exact) mass is 859 g/mol. The number of hydrogen-bond acceptors (Lipinski definition) is 13. The van der Waals surface area contributed by atoms with E-state index in [-0.39, 0.29) is 34.1 Å². The zero-order chi connectivity index (χ0) is 41.8. The Labute approximate surface area is 335 Å². The molecule has 2 saturated heterocycles. The number of hydrogen-bond donors (Lipinski definition) is 2. The molecule has 6 rings (SSSR count). The van der Waals surface area contributed by atoms with Gasteiger partial charge in [-0.25, -0.2) is 14.6 Å². The third-order valence-corrected chi connectivity index (χ3v) is 11.8. The number of thiazole rings is 2.